The van der Waals surface area contributed by atoms with Gasteiger partial charge in [-0.15, -0.1) is 0 Å². The van der Waals surface area contributed by atoms with E-state index in [9.17, 15) is 9.59 Å². The first-order chi connectivity index (χ1) is 14.1. The van der Waals surface area contributed by atoms with Crippen molar-refractivity contribution in [1.82, 2.24) is 4.98 Å². The minimum absolute atomic E-state index is 0.0124. The topological polar surface area (TPSA) is 89.0 Å². The average molecular weight is 392 g/mol. The Bertz CT molecular complexity index is 938. The van der Waals surface area contributed by atoms with Gasteiger partial charge in [-0.3, -0.25) is 4.98 Å². The number of carboxylic acids is 1. The summed E-state index contributed by atoms with van der Waals surface area (Å²) in [6.07, 6.45) is 2.66. The van der Waals surface area contributed by atoms with Crippen LogP contribution in [0, 0.1) is 6.92 Å². The summed E-state index contributed by atoms with van der Waals surface area (Å²) >= 11 is 0. The predicted octanol–water partition coefficient (Wildman–Crippen LogP) is 4.33. The van der Waals surface area contributed by atoms with Gasteiger partial charge in [0.2, 0.25) is 0 Å². The van der Waals surface area contributed by atoms with E-state index in [4.69, 9.17) is 14.6 Å². The lowest BCUT2D eigenvalue weighted by Crippen LogP contribution is -2.26. The molecule has 29 heavy (non-hydrogen) atoms. The van der Waals surface area contributed by atoms with Crippen molar-refractivity contribution in [3.05, 3.63) is 84.2 Å². The number of hydrogen-bond acceptors (Lipinski definition) is 5. The average Bonchev–Trinajstić information content (AvgIpc) is 2.74. The standard InChI is InChI=1S/C22H20N2O5/c1-16-17(7-5-11-20(16)28-15-21(25)26)14-29-22(27)24(18-8-3-2-4-9-18)19-10-6-12-23-13-19/h2-13H,14-15H2,1H3,(H,25,26). The highest BCUT2D eigenvalue weighted by molar-refractivity contribution is 5.95. The fourth-order valence-electron chi connectivity index (χ4n) is 2.74. The van der Waals surface area contributed by atoms with Crippen molar-refractivity contribution in [3.8, 4) is 5.75 Å². The SMILES string of the molecule is Cc1c(COC(=O)N(c2ccccc2)c2cccnc2)cccc1OCC(=O)O. The monoisotopic (exact) mass is 392 g/mol. The molecule has 0 bridgehead atoms. The maximum absolute atomic E-state index is 12.9. The number of nitrogens with zero attached hydrogens (tertiary/aromatic N) is 2. The van der Waals surface area contributed by atoms with Crippen LogP contribution in [0.5, 0.6) is 5.75 Å². The minimum Gasteiger partial charge on any atom is -0.482 e. The van der Waals surface area contributed by atoms with Crippen molar-refractivity contribution in [2.75, 3.05) is 11.5 Å². The molecule has 0 spiro atoms. The third-order valence-corrected chi connectivity index (χ3v) is 4.20. The van der Waals surface area contributed by atoms with E-state index in [2.05, 4.69) is 4.98 Å². The summed E-state index contributed by atoms with van der Waals surface area (Å²) in [5, 5.41) is 8.78. The zero-order valence-electron chi connectivity index (χ0n) is 15.8. The van der Waals surface area contributed by atoms with Crippen LogP contribution in [0.15, 0.2) is 73.1 Å². The first kappa shape index (κ1) is 19.9. The highest BCUT2D eigenvalue weighted by Gasteiger charge is 2.20. The fraction of sp³-hybridized carbons (Fsp3) is 0.136. The molecule has 2 aromatic carbocycles. The number of carbonyl (C=O) groups excluding carboxylic acids is 1. The summed E-state index contributed by atoms with van der Waals surface area (Å²) in [6.45, 7) is 1.36. The zero-order valence-corrected chi connectivity index (χ0v) is 15.8. The van der Waals surface area contributed by atoms with Gasteiger partial charge in [0, 0.05) is 6.20 Å². The van der Waals surface area contributed by atoms with Crippen molar-refractivity contribution in [2.45, 2.75) is 13.5 Å². The molecule has 148 valence electrons. The van der Waals surface area contributed by atoms with Gasteiger partial charge in [-0.1, -0.05) is 30.3 Å². The number of para-hydroxylation sites is 1. The normalized spacial score (nSPS) is 10.2. The highest BCUT2D eigenvalue weighted by atomic mass is 16.6. The molecule has 1 amide bonds. The number of amides is 1. The molecule has 0 aliphatic heterocycles. The number of rotatable bonds is 7. The zero-order chi connectivity index (χ0) is 20.6. The Morgan fingerprint density at radius 1 is 1.00 bits per heavy atom. The Labute approximate surface area is 168 Å². The lowest BCUT2D eigenvalue weighted by atomic mass is 10.1. The summed E-state index contributed by atoms with van der Waals surface area (Å²) in [4.78, 5) is 29.1. The number of pyridine rings is 1. The van der Waals surface area contributed by atoms with Crippen molar-refractivity contribution < 1.29 is 24.2 Å². The second-order valence-electron chi connectivity index (χ2n) is 6.16. The van der Waals surface area contributed by atoms with Crippen LogP contribution in [-0.4, -0.2) is 28.8 Å². The van der Waals surface area contributed by atoms with E-state index in [1.807, 2.05) is 18.2 Å². The second kappa shape index (κ2) is 9.36. The number of hydrogen-bond donors (Lipinski definition) is 1. The van der Waals surface area contributed by atoms with E-state index < -0.39 is 18.7 Å². The van der Waals surface area contributed by atoms with Crippen molar-refractivity contribution >= 4 is 23.4 Å². The summed E-state index contributed by atoms with van der Waals surface area (Å²) in [6, 6.07) is 17.9. The predicted molar refractivity (Wildman–Crippen MR) is 107 cm³/mol. The molecule has 7 heteroatoms. The first-order valence-corrected chi connectivity index (χ1v) is 8.91. The van der Waals surface area contributed by atoms with Gasteiger partial charge in [-0.25, -0.2) is 14.5 Å². The third kappa shape index (κ3) is 5.10. The summed E-state index contributed by atoms with van der Waals surface area (Å²) in [7, 11) is 0. The number of carboxylic acid groups (broad SMARTS) is 1. The van der Waals surface area contributed by atoms with Crippen LogP contribution in [0.4, 0.5) is 16.2 Å². The van der Waals surface area contributed by atoms with Gasteiger partial charge in [-0.05, 0) is 48.4 Å². The van der Waals surface area contributed by atoms with Crippen LogP contribution in [0.3, 0.4) is 0 Å². The number of aromatic nitrogens is 1. The molecular weight excluding hydrogens is 372 g/mol. The molecule has 0 unspecified atom stereocenters. The molecule has 1 aromatic heterocycles. The number of carbonyl (C=O) groups is 2. The van der Waals surface area contributed by atoms with E-state index in [1.165, 1.54) is 4.90 Å². The Morgan fingerprint density at radius 3 is 2.45 bits per heavy atom. The van der Waals surface area contributed by atoms with E-state index in [1.54, 1.807) is 61.8 Å². The minimum atomic E-state index is -1.06. The lowest BCUT2D eigenvalue weighted by Gasteiger charge is -2.22. The van der Waals surface area contributed by atoms with Crippen molar-refractivity contribution in [1.29, 1.82) is 0 Å². The van der Waals surface area contributed by atoms with Crippen LogP contribution in [0.25, 0.3) is 0 Å². The number of benzene rings is 2. The molecule has 0 saturated heterocycles. The molecule has 3 rings (SSSR count). The molecule has 0 fully saturated rings. The van der Waals surface area contributed by atoms with Crippen LogP contribution in [-0.2, 0) is 16.1 Å². The molecule has 1 N–H and O–H groups in total. The van der Waals surface area contributed by atoms with Gasteiger partial charge in [0.25, 0.3) is 0 Å². The Kier molecular flexibility index (Phi) is 6.42. The first-order valence-electron chi connectivity index (χ1n) is 8.91. The summed E-state index contributed by atoms with van der Waals surface area (Å²) in [5.41, 5.74) is 2.68. The third-order valence-electron chi connectivity index (χ3n) is 4.20. The van der Waals surface area contributed by atoms with Crippen LogP contribution >= 0.6 is 0 Å². The van der Waals surface area contributed by atoms with E-state index in [-0.39, 0.29) is 6.61 Å². The van der Waals surface area contributed by atoms with Crippen LogP contribution < -0.4 is 9.64 Å². The Morgan fingerprint density at radius 2 is 1.76 bits per heavy atom. The van der Waals surface area contributed by atoms with Gasteiger partial charge < -0.3 is 14.6 Å². The molecule has 3 aromatic rings. The van der Waals surface area contributed by atoms with Crippen molar-refractivity contribution in [3.63, 3.8) is 0 Å². The fourth-order valence-corrected chi connectivity index (χ4v) is 2.74. The van der Waals surface area contributed by atoms with Crippen molar-refractivity contribution in [2.24, 2.45) is 0 Å². The van der Waals surface area contributed by atoms with Crippen LogP contribution in [0.1, 0.15) is 11.1 Å². The van der Waals surface area contributed by atoms with Gasteiger partial charge in [0.1, 0.15) is 12.4 Å². The van der Waals surface area contributed by atoms with Gasteiger partial charge >= 0.3 is 12.1 Å². The maximum Gasteiger partial charge on any atom is 0.419 e. The maximum atomic E-state index is 12.9. The number of anilines is 2. The van der Waals surface area contributed by atoms with Crippen LogP contribution in [0.2, 0.25) is 0 Å². The molecular formula is C22H20N2O5. The highest BCUT2D eigenvalue weighted by Crippen LogP contribution is 2.27. The molecule has 0 radical (unpaired) electrons. The quantitative estimate of drug-likeness (QED) is 0.644. The second-order valence-corrected chi connectivity index (χ2v) is 6.16. The van der Waals surface area contributed by atoms with E-state index >= 15 is 0 Å². The Hall–Kier alpha value is -3.87. The van der Waals surface area contributed by atoms with Gasteiger partial charge in [-0.2, -0.15) is 0 Å². The molecule has 1 heterocycles. The Balaban J connectivity index is 1.78. The number of ether oxygens (including phenoxy) is 2. The van der Waals surface area contributed by atoms with Gasteiger partial charge in [0.15, 0.2) is 6.61 Å². The molecule has 0 aliphatic rings. The smallest absolute Gasteiger partial charge is 0.419 e. The lowest BCUT2D eigenvalue weighted by molar-refractivity contribution is -0.139. The number of aliphatic carboxylic acids is 1. The molecule has 0 aliphatic carbocycles. The van der Waals surface area contributed by atoms with E-state index in [0.29, 0.717) is 22.7 Å². The molecule has 7 nitrogen and oxygen atoms in total. The molecule has 0 saturated carbocycles. The molecule has 0 atom stereocenters. The van der Waals surface area contributed by atoms with Gasteiger partial charge in [0.05, 0.1) is 17.6 Å². The largest absolute Gasteiger partial charge is 0.482 e. The summed E-state index contributed by atoms with van der Waals surface area (Å²) < 4.78 is 10.8. The van der Waals surface area contributed by atoms with E-state index in [0.717, 1.165) is 5.56 Å². The summed E-state index contributed by atoms with van der Waals surface area (Å²) in [5.74, 6) is -0.621.